The van der Waals surface area contributed by atoms with Crippen LogP contribution in [0.1, 0.15) is 68.5 Å². The van der Waals surface area contributed by atoms with Crippen LogP contribution in [0.15, 0.2) is 48.5 Å². The Balaban J connectivity index is 1.72. The minimum Gasteiger partial charge on any atom is -0.366 e. The Labute approximate surface area is 210 Å². The summed E-state index contributed by atoms with van der Waals surface area (Å²) in [5.41, 5.74) is 10.7. The Morgan fingerprint density at radius 2 is 1.68 bits per heavy atom. The Kier molecular flexibility index (Phi) is 5.97. The third kappa shape index (κ3) is 4.32. The summed E-state index contributed by atoms with van der Waals surface area (Å²) in [5.74, 6) is -1.57. The molecule has 4 aromatic rings. The van der Waals surface area contributed by atoms with Crippen LogP contribution < -0.4 is 11.5 Å². The number of rotatable bonds is 6. The van der Waals surface area contributed by atoms with Crippen LogP contribution in [0.4, 0.5) is 13.2 Å². The van der Waals surface area contributed by atoms with Gasteiger partial charge in [-0.2, -0.15) is 18.3 Å². The number of hydrogen-bond acceptors (Lipinski definition) is 4. The largest absolute Gasteiger partial charge is 0.435 e. The molecule has 0 unspecified atom stereocenters. The average molecular weight is 508 g/mol. The molecule has 10 heteroatoms. The Morgan fingerprint density at radius 3 is 2.24 bits per heavy atom. The van der Waals surface area contributed by atoms with Gasteiger partial charge in [0.2, 0.25) is 5.91 Å². The molecule has 0 saturated heterocycles. The van der Waals surface area contributed by atoms with Crippen molar-refractivity contribution >= 4 is 22.7 Å². The predicted octanol–water partition coefficient (Wildman–Crippen LogP) is 4.94. The van der Waals surface area contributed by atoms with E-state index in [1.165, 1.54) is 35.7 Å². The maximum absolute atomic E-state index is 14.3. The quantitative estimate of drug-likeness (QED) is 0.384. The first-order valence-corrected chi connectivity index (χ1v) is 11.8. The number of primary amides is 2. The Bertz CT molecular complexity index is 1540. The zero-order chi connectivity index (χ0) is 26.5. The standard InChI is InChI=1S/C27H24F3N5O2/c1-14-20(22-21(25(31)36)18-7-2-3-8-19(18)33-23(22)26(32)37)24(27(28,29)30)34-35(14)13-15-9-11-17(12-10-15)16-5-4-6-16/h2-3,7-12,16H,4-6,13H2,1H3,(H2,31,36)(H2,32,37). The molecule has 2 aromatic heterocycles. The van der Waals surface area contributed by atoms with Crippen LogP contribution in [0.2, 0.25) is 0 Å². The Hall–Kier alpha value is -4.21. The summed E-state index contributed by atoms with van der Waals surface area (Å²) in [6, 6.07) is 14.0. The fourth-order valence-corrected chi connectivity index (χ4v) is 4.90. The lowest BCUT2D eigenvalue weighted by Gasteiger charge is -2.25. The molecule has 1 aliphatic carbocycles. The van der Waals surface area contributed by atoms with E-state index in [4.69, 9.17) is 11.5 Å². The predicted molar refractivity (Wildman–Crippen MR) is 132 cm³/mol. The molecule has 2 amide bonds. The number of carbonyl (C=O) groups is 2. The topological polar surface area (TPSA) is 117 Å². The fourth-order valence-electron chi connectivity index (χ4n) is 4.90. The van der Waals surface area contributed by atoms with Crippen LogP contribution in [0.25, 0.3) is 22.0 Å². The van der Waals surface area contributed by atoms with Crippen LogP contribution in [-0.2, 0) is 12.7 Å². The van der Waals surface area contributed by atoms with Gasteiger partial charge < -0.3 is 11.5 Å². The molecule has 5 rings (SSSR count). The summed E-state index contributed by atoms with van der Waals surface area (Å²) in [6.07, 6.45) is -1.42. The molecule has 0 aliphatic heterocycles. The molecular formula is C27H24F3N5O2. The van der Waals surface area contributed by atoms with Crippen LogP contribution >= 0.6 is 0 Å². The van der Waals surface area contributed by atoms with E-state index < -0.39 is 34.9 Å². The van der Waals surface area contributed by atoms with E-state index in [1.54, 1.807) is 12.1 Å². The number of fused-ring (bicyclic) bond motifs is 1. The first kappa shape index (κ1) is 24.5. The highest BCUT2D eigenvalue weighted by Gasteiger charge is 2.41. The van der Waals surface area contributed by atoms with E-state index in [-0.39, 0.29) is 34.3 Å². The van der Waals surface area contributed by atoms with Gasteiger partial charge in [-0.1, -0.05) is 48.9 Å². The molecule has 0 spiro atoms. The number of nitrogens with two attached hydrogens (primary N) is 2. The fraction of sp³-hybridized carbons (Fsp3) is 0.259. The van der Waals surface area contributed by atoms with Crippen molar-refractivity contribution in [3.05, 3.63) is 82.3 Å². The second-order valence-electron chi connectivity index (χ2n) is 9.29. The lowest BCUT2D eigenvalue weighted by atomic mass is 9.80. The molecule has 0 atom stereocenters. The van der Waals surface area contributed by atoms with Crippen molar-refractivity contribution in [2.45, 2.75) is 44.8 Å². The van der Waals surface area contributed by atoms with Crippen molar-refractivity contribution in [1.29, 1.82) is 0 Å². The van der Waals surface area contributed by atoms with Crippen molar-refractivity contribution in [3.8, 4) is 11.1 Å². The van der Waals surface area contributed by atoms with Crippen molar-refractivity contribution in [3.63, 3.8) is 0 Å². The summed E-state index contributed by atoms with van der Waals surface area (Å²) < 4.78 is 44.1. The van der Waals surface area contributed by atoms with Crippen molar-refractivity contribution in [2.24, 2.45) is 11.5 Å². The van der Waals surface area contributed by atoms with E-state index >= 15 is 0 Å². The minimum atomic E-state index is -4.89. The van der Waals surface area contributed by atoms with E-state index in [1.807, 2.05) is 24.3 Å². The van der Waals surface area contributed by atoms with E-state index in [0.29, 0.717) is 5.92 Å². The number of halogens is 3. The monoisotopic (exact) mass is 507 g/mol. The molecule has 0 radical (unpaired) electrons. The second kappa shape index (κ2) is 9.02. The van der Waals surface area contributed by atoms with E-state index in [9.17, 15) is 22.8 Å². The summed E-state index contributed by atoms with van der Waals surface area (Å²) in [6.45, 7) is 1.50. The number of pyridine rings is 1. The smallest absolute Gasteiger partial charge is 0.366 e. The second-order valence-corrected chi connectivity index (χ2v) is 9.29. The summed E-state index contributed by atoms with van der Waals surface area (Å²) in [5, 5.41) is 4.09. The number of amides is 2. The molecule has 1 saturated carbocycles. The molecule has 190 valence electrons. The molecule has 37 heavy (non-hydrogen) atoms. The third-order valence-electron chi connectivity index (χ3n) is 6.99. The van der Waals surface area contributed by atoms with Crippen molar-refractivity contribution in [1.82, 2.24) is 14.8 Å². The van der Waals surface area contributed by atoms with E-state index in [2.05, 4.69) is 10.1 Å². The number of para-hydroxylation sites is 1. The molecule has 0 bridgehead atoms. The van der Waals surface area contributed by atoms with Gasteiger partial charge in [-0.15, -0.1) is 0 Å². The SMILES string of the molecule is Cc1c(-c2c(C(N)=O)nc3ccccc3c2C(N)=O)c(C(F)(F)F)nn1Cc1ccc(C2CCC2)cc1. The van der Waals surface area contributed by atoms with Gasteiger partial charge in [0.05, 0.1) is 17.6 Å². The molecular weight excluding hydrogens is 483 g/mol. The van der Waals surface area contributed by atoms with Crippen LogP contribution in [0.5, 0.6) is 0 Å². The number of aromatic nitrogens is 3. The molecule has 1 aliphatic rings. The molecule has 4 N–H and O–H groups in total. The molecule has 7 nitrogen and oxygen atoms in total. The lowest BCUT2D eigenvalue weighted by Crippen LogP contribution is -2.21. The average Bonchev–Trinajstić information content (AvgIpc) is 3.13. The third-order valence-corrected chi connectivity index (χ3v) is 6.99. The number of alkyl halides is 3. The van der Waals surface area contributed by atoms with Crippen LogP contribution in [0, 0.1) is 6.92 Å². The summed E-state index contributed by atoms with van der Waals surface area (Å²) in [7, 11) is 0. The highest BCUT2D eigenvalue weighted by atomic mass is 19.4. The molecule has 2 heterocycles. The normalized spacial score (nSPS) is 14.1. The summed E-state index contributed by atoms with van der Waals surface area (Å²) in [4.78, 5) is 29.2. The van der Waals surface area contributed by atoms with Gasteiger partial charge in [-0.05, 0) is 42.9 Å². The number of benzene rings is 2. The number of carbonyl (C=O) groups excluding carboxylic acids is 2. The lowest BCUT2D eigenvalue weighted by molar-refractivity contribution is -0.141. The Morgan fingerprint density at radius 1 is 1.00 bits per heavy atom. The van der Waals surface area contributed by atoms with Crippen molar-refractivity contribution < 1.29 is 22.8 Å². The van der Waals surface area contributed by atoms with Gasteiger partial charge in [-0.3, -0.25) is 14.3 Å². The molecule has 1 fully saturated rings. The number of nitrogens with zero attached hydrogens (tertiary/aromatic N) is 3. The van der Waals surface area contributed by atoms with Gasteiger partial charge in [0.15, 0.2) is 5.69 Å². The first-order chi connectivity index (χ1) is 17.6. The first-order valence-electron chi connectivity index (χ1n) is 11.8. The van der Waals surface area contributed by atoms with Gasteiger partial charge in [0.25, 0.3) is 5.91 Å². The van der Waals surface area contributed by atoms with Gasteiger partial charge in [-0.25, -0.2) is 4.98 Å². The zero-order valence-electron chi connectivity index (χ0n) is 20.0. The maximum Gasteiger partial charge on any atom is 0.435 e. The minimum absolute atomic E-state index is 0.0542. The number of hydrogen-bond donors (Lipinski definition) is 2. The van der Waals surface area contributed by atoms with Gasteiger partial charge in [0, 0.05) is 22.2 Å². The zero-order valence-corrected chi connectivity index (χ0v) is 20.0. The highest BCUT2D eigenvalue weighted by molar-refractivity contribution is 6.15. The van der Waals surface area contributed by atoms with Crippen LogP contribution in [0.3, 0.4) is 0 Å². The molecule has 2 aromatic carbocycles. The maximum atomic E-state index is 14.3. The van der Waals surface area contributed by atoms with Gasteiger partial charge >= 0.3 is 6.18 Å². The van der Waals surface area contributed by atoms with Crippen molar-refractivity contribution in [2.75, 3.05) is 0 Å². The van der Waals surface area contributed by atoms with E-state index in [0.717, 1.165) is 18.4 Å². The van der Waals surface area contributed by atoms with Crippen LogP contribution in [-0.4, -0.2) is 26.6 Å². The van der Waals surface area contributed by atoms with Gasteiger partial charge in [0.1, 0.15) is 5.69 Å². The summed E-state index contributed by atoms with van der Waals surface area (Å²) >= 11 is 0. The highest BCUT2D eigenvalue weighted by Crippen LogP contribution is 2.42.